The molecule has 2 heterocycles. The first kappa shape index (κ1) is 23.2. The van der Waals surface area contributed by atoms with Crippen LogP contribution in [0.5, 0.6) is 5.75 Å². The number of carbonyl (C=O) groups excluding carboxylic acids is 2. The van der Waals surface area contributed by atoms with Gasteiger partial charge in [0.25, 0.3) is 11.8 Å². The minimum atomic E-state index is -0.604. The SMILES string of the molecule is O=C(COc1ccc(Cl)c(F)c1)NC1CCN(NC(=O)c2ccc3cc(Cl)ccc3n2)CC1. The average Bonchev–Trinajstić information content (AvgIpc) is 2.80. The Kier molecular flexibility index (Phi) is 7.27. The maximum absolute atomic E-state index is 13.4. The number of piperidine rings is 1. The van der Waals surface area contributed by atoms with Gasteiger partial charge in [-0.1, -0.05) is 29.3 Å². The number of fused-ring (bicyclic) bond motifs is 1. The summed E-state index contributed by atoms with van der Waals surface area (Å²) < 4.78 is 18.8. The fourth-order valence-corrected chi connectivity index (χ4v) is 3.84. The quantitative estimate of drug-likeness (QED) is 0.545. The third kappa shape index (κ3) is 6.10. The number of rotatable bonds is 6. The molecule has 2 aromatic carbocycles. The van der Waals surface area contributed by atoms with Gasteiger partial charge in [0.2, 0.25) is 0 Å². The van der Waals surface area contributed by atoms with Crippen LogP contribution in [0.4, 0.5) is 4.39 Å². The van der Waals surface area contributed by atoms with Crippen molar-refractivity contribution in [3.8, 4) is 5.75 Å². The molecule has 0 saturated carbocycles. The Morgan fingerprint density at radius 1 is 1.09 bits per heavy atom. The molecule has 1 saturated heterocycles. The number of halogens is 3. The Bertz CT molecular complexity index is 1190. The molecule has 0 atom stereocenters. The topological polar surface area (TPSA) is 83.6 Å². The van der Waals surface area contributed by atoms with Crippen LogP contribution in [-0.4, -0.2) is 47.5 Å². The number of aromatic nitrogens is 1. The standard InChI is InChI=1S/C23H21Cl2FN4O3/c24-15-2-6-20-14(11-15)1-5-21(28-20)23(32)29-30-9-7-16(8-10-30)27-22(31)13-33-17-3-4-18(25)19(26)12-17/h1-6,11-12,16H,7-10,13H2,(H,27,31)(H,29,32). The molecule has 0 spiro atoms. The number of pyridine rings is 1. The maximum Gasteiger partial charge on any atom is 0.284 e. The van der Waals surface area contributed by atoms with E-state index >= 15 is 0 Å². The van der Waals surface area contributed by atoms with Gasteiger partial charge in [-0.2, -0.15) is 0 Å². The highest BCUT2D eigenvalue weighted by atomic mass is 35.5. The van der Waals surface area contributed by atoms with E-state index in [1.807, 2.05) is 11.1 Å². The molecule has 33 heavy (non-hydrogen) atoms. The van der Waals surface area contributed by atoms with Gasteiger partial charge >= 0.3 is 0 Å². The van der Waals surface area contributed by atoms with Gasteiger partial charge < -0.3 is 10.1 Å². The summed E-state index contributed by atoms with van der Waals surface area (Å²) in [5.41, 5.74) is 3.87. The molecule has 10 heteroatoms. The van der Waals surface area contributed by atoms with E-state index in [4.69, 9.17) is 27.9 Å². The number of nitrogens with zero attached hydrogens (tertiary/aromatic N) is 2. The van der Waals surface area contributed by atoms with E-state index in [1.54, 1.807) is 24.3 Å². The van der Waals surface area contributed by atoms with Gasteiger partial charge in [-0.3, -0.25) is 15.0 Å². The Morgan fingerprint density at radius 3 is 2.64 bits per heavy atom. The fourth-order valence-electron chi connectivity index (χ4n) is 3.54. The molecule has 1 fully saturated rings. The minimum absolute atomic E-state index is 0.00744. The van der Waals surface area contributed by atoms with E-state index in [-0.39, 0.29) is 35.2 Å². The molecule has 2 N–H and O–H groups in total. The van der Waals surface area contributed by atoms with Gasteiger partial charge in [0, 0.05) is 35.6 Å². The highest BCUT2D eigenvalue weighted by Crippen LogP contribution is 2.20. The second-order valence-corrected chi connectivity index (χ2v) is 8.51. The molecule has 1 aromatic heterocycles. The summed E-state index contributed by atoms with van der Waals surface area (Å²) in [6, 6.07) is 12.7. The van der Waals surface area contributed by atoms with E-state index in [0.29, 0.717) is 42.2 Å². The monoisotopic (exact) mass is 490 g/mol. The zero-order chi connectivity index (χ0) is 23.4. The van der Waals surface area contributed by atoms with E-state index < -0.39 is 5.82 Å². The van der Waals surface area contributed by atoms with Gasteiger partial charge in [-0.05, 0) is 49.2 Å². The number of benzene rings is 2. The molecule has 3 aromatic rings. The summed E-state index contributed by atoms with van der Waals surface area (Å²) in [6.07, 6.45) is 1.32. The lowest BCUT2D eigenvalue weighted by Gasteiger charge is -2.32. The highest BCUT2D eigenvalue weighted by molar-refractivity contribution is 6.31. The zero-order valence-corrected chi connectivity index (χ0v) is 19.0. The lowest BCUT2D eigenvalue weighted by Crippen LogP contribution is -2.51. The molecule has 4 rings (SSSR count). The molecule has 2 amide bonds. The third-order valence-corrected chi connectivity index (χ3v) is 5.81. The molecule has 1 aliphatic heterocycles. The first-order chi connectivity index (χ1) is 15.9. The lowest BCUT2D eigenvalue weighted by atomic mass is 10.1. The normalized spacial score (nSPS) is 14.8. The number of hydrazine groups is 1. The number of nitrogens with one attached hydrogen (secondary N) is 2. The molecule has 0 bridgehead atoms. The van der Waals surface area contributed by atoms with Crippen molar-refractivity contribution in [2.45, 2.75) is 18.9 Å². The molecule has 7 nitrogen and oxygen atoms in total. The van der Waals surface area contributed by atoms with Gasteiger partial charge in [0.05, 0.1) is 10.5 Å². The van der Waals surface area contributed by atoms with E-state index in [0.717, 1.165) is 11.5 Å². The van der Waals surface area contributed by atoms with E-state index in [9.17, 15) is 14.0 Å². The van der Waals surface area contributed by atoms with Crippen molar-refractivity contribution in [1.29, 1.82) is 0 Å². The summed E-state index contributed by atoms with van der Waals surface area (Å²) in [5, 5.41) is 6.18. The van der Waals surface area contributed by atoms with Crippen molar-refractivity contribution in [1.82, 2.24) is 20.7 Å². The van der Waals surface area contributed by atoms with Crippen LogP contribution >= 0.6 is 23.2 Å². The summed E-state index contributed by atoms with van der Waals surface area (Å²) in [7, 11) is 0. The fraction of sp³-hybridized carbons (Fsp3) is 0.261. The Morgan fingerprint density at radius 2 is 1.88 bits per heavy atom. The predicted molar refractivity (Wildman–Crippen MR) is 124 cm³/mol. The largest absolute Gasteiger partial charge is 0.484 e. The third-order valence-electron chi connectivity index (χ3n) is 5.26. The van der Waals surface area contributed by atoms with Gasteiger partial charge in [-0.15, -0.1) is 0 Å². The molecule has 172 valence electrons. The number of amides is 2. The zero-order valence-electron chi connectivity index (χ0n) is 17.5. The van der Waals surface area contributed by atoms with Crippen molar-refractivity contribution in [3.63, 3.8) is 0 Å². The summed E-state index contributed by atoms with van der Waals surface area (Å²) in [6.45, 7) is 0.920. The van der Waals surface area contributed by atoms with Crippen LogP contribution in [-0.2, 0) is 4.79 Å². The van der Waals surface area contributed by atoms with Crippen LogP contribution in [0.25, 0.3) is 10.9 Å². The Hall–Kier alpha value is -2.94. The number of hydrogen-bond donors (Lipinski definition) is 2. The van der Waals surface area contributed by atoms with Gasteiger partial charge in [0.1, 0.15) is 17.3 Å². The Balaban J connectivity index is 1.22. The van der Waals surface area contributed by atoms with Crippen LogP contribution in [0.2, 0.25) is 10.0 Å². The minimum Gasteiger partial charge on any atom is -0.484 e. The Labute approximate surface area is 199 Å². The molecular formula is C23H21Cl2FN4O3. The van der Waals surface area contributed by atoms with E-state index in [2.05, 4.69) is 15.7 Å². The average molecular weight is 491 g/mol. The van der Waals surface area contributed by atoms with Crippen LogP contribution in [0.15, 0.2) is 48.5 Å². The first-order valence-corrected chi connectivity index (χ1v) is 11.1. The van der Waals surface area contributed by atoms with E-state index in [1.165, 1.54) is 12.1 Å². The highest BCUT2D eigenvalue weighted by Gasteiger charge is 2.22. The van der Waals surface area contributed by atoms with Crippen LogP contribution in [0.3, 0.4) is 0 Å². The van der Waals surface area contributed by atoms with Crippen molar-refractivity contribution in [3.05, 3.63) is 70.1 Å². The van der Waals surface area contributed by atoms with Crippen LogP contribution in [0, 0.1) is 5.82 Å². The second kappa shape index (κ2) is 10.3. The van der Waals surface area contributed by atoms with Crippen LogP contribution < -0.4 is 15.5 Å². The summed E-state index contributed by atoms with van der Waals surface area (Å²) >= 11 is 11.6. The molecular weight excluding hydrogens is 470 g/mol. The first-order valence-electron chi connectivity index (χ1n) is 10.4. The molecule has 0 unspecified atom stereocenters. The molecule has 0 radical (unpaired) electrons. The number of hydrogen-bond acceptors (Lipinski definition) is 5. The smallest absolute Gasteiger partial charge is 0.284 e. The number of ether oxygens (including phenoxy) is 1. The summed E-state index contributed by atoms with van der Waals surface area (Å²) in [4.78, 5) is 29.1. The van der Waals surface area contributed by atoms with Gasteiger partial charge in [0.15, 0.2) is 6.61 Å². The van der Waals surface area contributed by atoms with Crippen LogP contribution in [0.1, 0.15) is 23.3 Å². The van der Waals surface area contributed by atoms with Crippen molar-refractivity contribution in [2.75, 3.05) is 19.7 Å². The van der Waals surface area contributed by atoms with Gasteiger partial charge in [-0.25, -0.2) is 14.4 Å². The summed E-state index contributed by atoms with van der Waals surface area (Å²) in [5.74, 6) is -0.964. The predicted octanol–water partition coefficient (Wildman–Crippen LogP) is 3.99. The number of carbonyl (C=O) groups is 2. The lowest BCUT2D eigenvalue weighted by molar-refractivity contribution is -0.124. The van der Waals surface area contributed by atoms with Crippen molar-refractivity contribution in [2.24, 2.45) is 0 Å². The second-order valence-electron chi connectivity index (χ2n) is 7.67. The van der Waals surface area contributed by atoms with Crippen molar-refractivity contribution >= 4 is 45.9 Å². The molecule has 1 aliphatic rings. The molecule has 0 aliphatic carbocycles. The van der Waals surface area contributed by atoms with Crippen molar-refractivity contribution < 1.29 is 18.7 Å². The maximum atomic E-state index is 13.4.